The summed E-state index contributed by atoms with van der Waals surface area (Å²) in [5.74, 6) is -0.174. The molecule has 19 heavy (non-hydrogen) atoms. The standard InChI is InChI=1S/C13H12Cl2N2O2/c14-8-2-3-9(15)10(6-8)17-11(18)13(4-1-5-13)7-16-12(17)19/h2-3,6H,1,4-5,7H2,(H,16,19). The maximum Gasteiger partial charge on any atom is 0.328 e. The third-order valence-corrected chi connectivity index (χ3v) is 4.45. The molecule has 0 atom stereocenters. The molecule has 0 radical (unpaired) electrons. The molecule has 0 unspecified atom stereocenters. The number of rotatable bonds is 1. The Morgan fingerprint density at radius 2 is 1.95 bits per heavy atom. The fraction of sp³-hybridized carbons (Fsp3) is 0.385. The fourth-order valence-corrected chi connectivity index (χ4v) is 2.97. The van der Waals surface area contributed by atoms with Crippen LogP contribution < -0.4 is 10.2 Å². The molecule has 0 bridgehead atoms. The van der Waals surface area contributed by atoms with Gasteiger partial charge in [-0.3, -0.25) is 4.79 Å². The average molecular weight is 299 g/mol. The molecule has 1 N–H and O–H groups in total. The molecule has 0 aromatic heterocycles. The first-order valence-corrected chi connectivity index (χ1v) is 6.87. The monoisotopic (exact) mass is 298 g/mol. The average Bonchev–Trinajstić information content (AvgIpc) is 2.32. The van der Waals surface area contributed by atoms with Crippen LogP contribution in [0.4, 0.5) is 10.5 Å². The lowest BCUT2D eigenvalue weighted by Crippen LogP contribution is -2.63. The summed E-state index contributed by atoms with van der Waals surface area (Å²) in [6.07, 6.45) is 2.63. The van der Waals surface area contributed by atoms with Crippen molar-refractivity contribution in [2.45, 2.75) is 19.3 Å². The maximum absolute atomic E-state index is 12.6. The van der Waals surface area contributed by atoms with E-state index in [9.17, 15) is 9.59 Å². The van der Waals surface area contributed by atoms with E-state index in [-0.39, 0.29) is 5.91 Å². The van der Waals surface area contributed by atoms with Crippen LogP contribution in [0, 0.1) is 5.41 Å². The van der Waals surface area contributed by atoms with Crippen molar-refractivity contribution in [3.05, 3.63) is 28.2 Å². The van der Waals surface area contributed by atoms with Crippen molar-refractivity contribution in [2.24, 2.45) is 5.41 Å². The summed E-state index contributed by atoms with van der Waals surface area (Å²) in [5, 5.41) is 3.54. The summed E-state index contributed by atoms with van der Waals surface area (Å²) in [5.41, 5.74) is -0.0952. The Kier molecular flexibility index (Phi) is 2.95. The minimum Gasteiger partial charge on any atom is -0.336 e. The molecule has 1 heterocycles. The van der Waals surface area contributed by atoms with Gasteiger partial charge in [-0.25, -0.2) is 9.69 Å². The van der Waals surface area contributed by atoms with Gasteiger partial charge in [0.25, 0.3) is 0 Å². The Balaban J connectivity index is 2.03. The number of nitrogens with one attached hydrogen (secondary N) is 1. The summed E-state index contributed by atoms with van der Waals surface area (Å²) in [7, 11) is 0. The molecule has 2 fully saturated rings. The molecule has 1 saturated carbocycles. The van der Waals surface area contributed by atoms with Gasteiger partial charge in [0, 0.05) is 11.6 Å². The van der Waals surface area contributed by atoms with Crippen molar-refractivity contribution in [2.75, 3.05) is 11.4 Å². The number of hydrogen-bond acceptors (Lipinski definition) is 2. The maximum atomic E-state index is 12.6. The number of urea groups is 1. The van der Waals surface area contributed by atoms with Crippen LogP contribution in [-0.2, 0) is 4.79 Å². The number of carbonyl (C=O) groups is 2. The van der Waals surface area contributed by atoms with Gasteiger partial charge in [0.2, 0.25) is 5.91 Å². The highest BCUT2D eigenvalue weighted by Gasteiger charge is 2.51. The topological polar surface area (TPSA) is 49.4 Å². The van der Waals surface area contributed by atoms with Crippen LogP contribution in [0.15, 0.2) is 18.2 Å². The van der Waals surface area contributed by atoms with E-state index in [0.717, 1.165) is 24.2 Å². The number of nitrogens with zero attached hydrogens (tertiary/aromatic N) is 1. The van der Waals surface area contributed by atoms with Crippen LogP contribution in [0.1, 0.15) is 19.3 Å². The van der Waals surface area contributed by atoms with Gasteiger partial charge in [0.05, 0.1) is 16.1 Å². The highest BCUT2D eigenvalue weighted by atomic mass is 35.5. The van der Waals surface area contributed by atoms with Gasteiger partial charge < -0.3 is 5.32 Å². The first-order chi connectivity index (χ1) is 9.03. The largest absolute Gasteiger partial charge is 0.336 e. The lowest BCUT2D eigenvalue weighted by Gasteiger charge is -2.46. The molecular weight excluding hydrogens is 287 g/mol. The highest BCUT2D eigenvalue weighted by Crippen LogP contribution is 2.45. The molecule has 3 rings (SSSR count). The number of halogens is 2. The molecular formula is C13H12Cl2N2O2. The zero-order valence-corrected chi connectivity index (χ0v) is 11.6. The van der Waals surface area contributed by atoms with Gasteiger partial charge in [-0.2, -0.15) is 0 Å². The van der Waals surface area contributed by atoms with Gasteiger partial charge >= 0.3 is 6.03 Å². The van der Waals surface area contributed by atoms with E-state index in [1.54, 1.807) is 18.2 Å². The number of hydrogen-bond donors (Lipinski definition) is 1. The number of imide groups is 1. The van der Waals surface area contributed by atoms with Crippen molar-refractivity contribution < 1.29 is 9.59 Å². The van der Waals surface area contributed by atoms with Crippen LogP contribution >= 0.6 is 23.2 Å². The number of amides is 3. The van der Waals surface area contributed by atoms with E-state index in [1.807, 2.05) is 0 Å². The molecule has 2 aliphatic rings. The van der Waals surface area contributed by atoms with Gasteiger partial charge in [0.1, 0.15) is 0 Å². The molecule has 1 aliphatic carbocycles. The number of carbonyl (C=O) groups excluding carboxylic acids is 2. The first kappa shape index (κ1) is 12.8. The summed E-state index contributed by atoms with van der Waals surface area (Å²) in [4.78, 5) is 25.7. The van der Waals surface area contributed by atoms with Crippen molar-refractivity contribution in [1.82, 2.24) is 5.32 Å². The minimum atomic E-state index is -0.445. The van der Waals surface area contributed by atoms with Crippen LogP contribution in [0.2, 0.25) is 10.0 Å². The molecule has 3 amide bonds. The Bertz CT molecular complexity index is 570. The third-order valence-electron chi connectivity index (χ3n) is 3.90. The van der Waals surface area contributed by atoms with E-state index in [2.05, 4.69) is 5.32 Å². The van der Waals surface area contributed by atoms with Gasteiger partial charge in [-0.15, -0.1) is 0 Å². The van der Waals surface area contributed by atoms with Crippen LogP contribution in [0.25, 0.3) is 0 Å². The predicted octanol–water partition coefficient (Wildman–Crippen LogP) is 3.22. The number of benzene rings is 1. The summed E-state index contributed by atoms with van der Waals surface area (Å²) in [6.45, 7) is 0.416. The quantitative estimate of drug-likeness (QED) is 0.865. The molecule has 1 aromatic carbocycles. The molecule has 6 heteroatoms. The smallest absolute Gasteiger partial charge is 0.328 e. The Morgan fingerprint density at radius 3 is 2.58 bits per heavy atom. The van der Waals surface area contributed by atoms with Crippen molar-refractivity contribution >= 4 is 40.8 Å². The summed E-state index contributed by atoms with van der Waals surface area (Å²) < 4.78 is 0. The SMILES string of the molecule is O=C1NCC2(CCC2)C(=O)N1c1cc(Cl)ccc1Cl. The Morgan fingerprint density at radius 1 is 1.21 bits per heavy atom. The minimum absolute atomic E-state index is 0.174. The van der Waals surface area contributed by atoms with E-state index < -0.39 is 11.4 Å². The summed E-state index contributed by atoms with van der Waals surface area (Å²) in [6, 6.07) is 4.31. The molecule has 1 saturated heterocycles. The molecule has 100 valence electrons. The third kappa shape index (κ3) is 1.90. The second-order valence-electron chi connectivity index (χ2n) is 5.03. The van der Waals surface area contributed by atoms with Crippen molar-refractivity contribution in [1.29, 1.82) is 0 Å². The normalized spacial score (nSPS) is 21.3. The lowest BCUT2D eigenvalue weighted by atomic mass is 9.67. The Hall–Kier alpha value is -1.26. The molecule has 1 spiro atoms. The number of anilines is 1. The van der Waals surface area contributed by atoms with E-state index in [4.69, 9.17) is 23.2 Å². The lowest BCUT2D eigenvalue weighted by molar-refractivity contribution is -0.132. The zero-order valence-electron chi connectivity index (χ0n) is 10.1. The predicted molar refractivity (Wildman–Crippen MR) is 73.6 cm³/mol. The first-order valence-electron chi connectivity index (χ1n) is 6.11. The van der Waals surface area contributed by atoms with E-state index >= 15 is 0 Å². The summed E-state index contributed by atoms with van der Waals surface area (Å²) >= 11 is 12.0. The van der Waals surface area contributed by atoms with Crippen molar-refractivity contribution in [3.63, 3.8) is 0 Å². The second-order valence-corrected chi connectivity index (χ2v) is 5.87. The molecule has 1 aromatic rings. The van der Waals surface area contributed by atoms with Gasteiger partial charge in [0.15, 0.2) is 0 Å². The molecule has 4 nitrogen and oxygen atoms in total. The van der Waals surface area contributed by atoms with E-state index in [1.165, 1.54) is 0 Å². The van der Waals surface area contributed by atoms with Crippen LogP contribution in [0.5, 0.6) is 0 Å². The van der Waals surface area contributed by atoms with Crippen molar-refractivity contribution in [3.8, 4) is 0 Å². The zero-order chi connectivity index (χ0) is 13.6. The second kappa shape index (κ2) is 4.39. The van der Waals surface area contributed by atoms with Gasteiger partial charge in [-0.1, -0.05) is 29.6 Å². The van der Waals surface area contributed by atoms with Crippen LogP contribution in [0.3, 0.4) is 0 Å². The highest BCUT2D eigenvalue weighted by molar-refractivity contribution is 6.37. The van der Waals surface area contributed by atoms with E-state index in [0.29, 0.717) is 22.3 Å². The Labute approximate surface area is 120 Å². The van der Waals surface area contributed by atoms with Gasteiger partial charge in [-0.05, 0) is 31.0 Å². The molecule has 1 aliphatic heterocycles. The van der Waals surface area contributed by atoms with Crippen LogP contribution in [-0.4, -0.2) is 18.5 Å². The fourth-order valence-electron chi connectivity index (χ4n) is 2.60.